The molecule has 0 fully saturated rings. The van der Waals surface area contributed by atoms with E-state index in [0.29, 0.717) is 23.2 Å². The predicted molar refractivity (Wildman–Crippen MR) is 146 cm³/mol. The summed E-state index contributed by atoms with van der Waals surface area (Å²) in [5.41, 5.74) is 0.199. The largest absolute Gasteiger partial charge is 0.492 e. The normalized spacial score (nSPS) is 15.8. The summed E-state index contributed by atoms with van der Waals surface area (Å²) in [5, 5.41) is 13.2. The zero-order valence-electron chi connectivity index (χ0n) is 22.5. The number of dihydropyridines is 1. The topological polar surface area (TPSA) is 102 Å². The van der Waals surface area contributed by atoms with Crippen molar-refractivity contribution in [3.8, 4) is 5.75 Å². The van der Waals surface area contributed by atoms with Crippen LogP contribution in [0.25, 0.3) is 5.70 Å². The first kappa shape index (κ1) is 30.0. The lowest BCUT2D eigenvalue weighted by Gasteiger charge is -2.25. The third kappa shape index (κ3) is 6.54. The first-order chi connectivity index (χ1) is 18.4. The Labute approximate surface area is 231 Å². The fourth-order valence-corrected chi connectivity index (χ4v) is 3.97. The average molecular weight is 556 g/mol. The van der Waals surface area contributed by atoms with Crippen molar-refractivity contribution in [2.24, 2.45) is 0 Å². The highest BCUT2D eigenvalue weighted by atomic mass is 35.5. The molecule has 3 aromatic heterocycles. The van der Waals surface area contributed by atoms with Crippen molar-refractivity contribution in [3.63, 3.8) is 0 Å². The van der Waals surface area contributed by atoms with Gasteiger partial charge in [0.05, 0.1) is 29.6 Å². The van der Waals surface area contributed by atoms with Gasteiger partial charge in [-0.3, -0.25) is 14.3 Å². The minimum absolute atomic E-state index is 0.0724. The number of hydrogen-bond donors (Lipinski definition) is 2. The van der Waals surface area contributed by atoms with Crippen molar-refractivity contribution in [1.29, 1.82) is 0 Å². The molecule has 2 radical (unpaired) electrons. The molecular weight excluding hydrogens is 527 g/mol. The fourth-order valence-electron chi connectivity index (χ4n) is 3.78. The molecule has 0 amide bonds. The smallest absolute Gasteiger partial charge is 0.277 e. The molecule has 0 saturated heterocycles. The number of hydrogen-bond acceptors (Lipinski definition) is 7. The van der Waals surface area contributed by atoms with Crippen LogP contribution in [0.3, 0.4) is 0 Å². The number of pyridine rings is 2. The van der Waals surface area contributed by atoms with Crippen LogP contribution in [0.5, 0.6) is 5.75 Å². The van der Waals surface area contributed by atoms with E-state index in [1.807, 2.05) is 20.8 Å². The van der Waals surface area contributed by atoms with Crippen LogP contribution in [0.15, 0.2) is 53.2 Å². The van der Waals surface area contributed by atoms with Crippen LogP contribution < -0.4 is 15.6 Å². The number of nitrogens with one attached hydrogen (secondary N) is 1. The van der Waals surface area contributed by atoms with Crippen LogP contribution in [0.4, 0.5) is 8.78 Å². The molecule has 0 spiro atoms. The Morgan fingerprint density at radius 2 is 1.92 bits per heavy atom. The highest BCUT2D eigenvalue weighted by molar-refractivity contribution is 6.32. The molecule has 2 atom stereocenters. The molecule has 0 aliphatic carbocycles. The molecule has 4 rings (SSSR count). The number of aromatic nitrogens is 4. The maximum Gasteiger partial charge on any atom is 0.277 e. The van der Waals surface area contributed by atoms with Gasteiger partial charge in [-0.1, -0.05) is 25.4 Å². The molecule has 0 saturated carbocycles. The molecule has 1 unspecified atom stereocenters. The van der Waals surface area contributed by atoms with E-state index in [-0.39, 0.29) is 22.3 Å². The second-order valence-electron chi connectivity index (χ2n) is 9.05. The van der Waals surface area contributed by atoms with E-state index in [4.69, 9.17) is 24.2 Å². The molecule has 3 aromatic rings. The second-order valence-corrected chi connectivity index (χ2v) is 9.43. The predicted octanol–water partition coefficient (Wildman–Crippen LogP) is 4.86. The molecule has 0 aromatic carbocycles. The van der Waals surface area contributed by atoms with E-state index in [1.54, 1.807) is 45.3 Å². The summed E-state index contributed by atoms with van der Waals surface area (Å²) in [6.45, 7) is 10.7. The Morgan fingerprint density at radius 1 is 1.23 bits per heavy atom. The van der Waals surface area contributed by atoms with E-state index in [1.165, 1.54) is 10.6 Å². The zero-order valence-corrected chi connectivity index (χ0v) is 23.2. The third-order valence-corrected chi connectivity index (χ3v) is 6.00. The van der Waals surface area contributed by atoms with Crippen LogP contribution in [0, 0.1) is 18.6 Å². The molecule has 39 heavy (non-hydrogen) atoms. The van der Waals surface area contributed by atoms with Gasteiger partial charge in [-0.2, -0.15) is 0 Å². The van der Waals surface area contributed by atoms with Crippen molar-refractivity contribution in [3.05, 3.63) is 98.4 Å². The van der Waals surface area contributed by atoms with Gasteiger partial charge in [0, 0.05) is 30.2 Å². The lowest BCUT2D eigenvalue weighted by atomic mass is 9.95. The van der Waals surface area contributed by atoms with Crippen molar-refractivity contribution < 1.29 is 18.6 Å². The Kier molecular flexibility index (Phi) is 9.29. The van der Waals surface area contributed by atoms with E-state index >= 15 is 0 Å². The standard InChI is InChI=1S/C25H23BClF2N5O3.C2H6/c1-12-10-31-17(16-5-6-30-24(33-16)25(3,4)36)9-18(12)34-13(2)7-19(20(27)23(34)35)37-22(26)21-15(29)8-14(28)11-32-21;1-2/h5-11,17,22,31,36H,1-4H3;1-2H3/t17-,22?;/m1./s1. The molecule has 1 aliphatic rings. The number of rotatable bonds is 6. The van der Waals surface area contributed by atoms with Crippen molar-refractivity contribution in [2.75, 3.05) is 0 Å². The molecular formula is C27H29BClF2N5O3. The monoisotopic (exact) mass is 555 g/mol. The molecule has 12 heteroatoms. The second kappa shape index (κ2) is 12.1. The van der Waals surface area contributed by atoms with Gasteiger partial charge in [0.1, 0.15) is 35.7 Å². The van der Waals surface area contributed by atoms with Gasteiger partial charge in [-0.25, -0.2) is 18.7 Å². The van der Waals surface area contributed by atoms with Gasteiger partial charge in [-0.05, 0) is 45.4 Å². The van der Waals surface area contributed by atoms with Crippen molar-refractivity contribution >= 4 is 25.1 Å². The van der Waals surface area contributed by atoms with Gasteiger partial charge in [0.15, 0.2) is 11.6 Å². The SMILES string of the molecule is CC.[B]C(Oc1cc(C)n(C2=C[C@H](c3ccnc(C(C)(C)O)n3)NC=C2C)c(=O)c1Cl)c1ncc(F)cc1F. The summed E-state index contributed by atoms with van der Waals surface area (Å²) >= 11 is 6.36. The number of ether oxygens (including phenoxy) is 1. The number of allylic oxidation sites excluding steroid dienone is 2. The van der Waals surface area contributed by atoms with Crippen LogP contribution in [-0.2, 0) is 5.60 Å². The van der Waals surface area contributed by atoms with Crippen LogP contribution in [0.1, 0.15) is 69.6 Å². The summed E-state index contributed by atoms with van der Waals surface area (Å²) in [4.78, 5) is 25.6. The van der Waals surface area contributed by atoms with Crippen molar-refractivity contribution in [2.45, 2.75) is 59.2 Å². The molecule has 4 heterocycles. The maximum absolute atomic E-state index is 14.1. The van der Waals surface area contributed by atoms with E-state index in [2.05, 4.69) is 20.3 Å². The Balaban J connectivity index is 0.00000205. The van der Waals surface area contributed by atoms with Crippen LogP contribution in [0.2, 0.25) is 5.02 Å². The average Bonchev–Trinajstić information content (AvgIpc) is 2.89. The van der Waals surface area contributed by atoms with Gasteiger partial charge < -0.3 is 15.2 Å². The van der Waals surface area contributed by atoms with E-state index in [0.717, 1.165) is 11.8 Å². The summed E-state index contributed by atoms with van der Waals surface area (Å²) in [7, 11) is 5.90. The number of aryl methyl sites for hydroxylation is 1. The molecule has 2 N–H and O–H groups in total. The van der Waals surface area contributed by atoms with Crippen LogP contribution >= 0.6 is 11.6 Å². The first-order valence-corrected chi connectivity index (χ1v) is 12.6. The Hall–Kier alpha value is -3.57. The molecule has 204 valence electrons. The Morgan fingerprint density at radius 3 is 2.56 bits per heavy atom. The Bertz CT molecular complexity index is 1490. The van der Waals surface area contributed by atoms with Crippen LogP contribution in [-0.4, -0.2) is 32.5 Å². The van der Waals surface area contributed by atoms with Gasteiger partial charge in [0.2, 0.25) is 0 Å². The third-order valence-electron chi connectivity index (χ3n) is 5.65. The van der Waals surface area contributed by atoms with E-state index in [9.17, 15) is 18.7 Å². The molecule has 0 bridgehead atoms. The number of halogens is 3. The molecule has 1 aliphatic heterocycles. The quantitative estimate of drug-likeness (QED) is 0.419. The molecule has 8 nitrogen and oxygen atoms in total. The van der Waals surface area contributed by atoms with Crippen molar-refractivity contribution in [1.82, 2.24) is 24.8 Å². The lowest BCUT2D eigenvalue weighted by Crippen LogP contribution is -2.28. The summed E-state index contributed by atoms with van der Waals surface area (Å²) in [6, 6.07) is 1.98. The summed E-state index contributed by atoms with van der Waals surface area (Å²) in [5.74, 6) is -1.66. The first-order valence-electron chi connectivity index (χ1n) is 12.2. The van der Waals surface area contributed by atoms with Gasteiger partial charge >= 0.3 is 0 Å². The van der Waals surface area contributed by atoms with E-state index < -0.39 is 34.8 Å². The van der Waals surface area contributed by atoms with Gasteiger partial charge in [-0.15, -0.1) is 0 Å². The van der Waals surface area contributed by atoms with Gasteiger partial charge in [0.25, 0.3) is 5.56 Å². The zero-order chi connectivity index (χ0) is 29.1. The number of nitrogens with zero attached hydrogens (tertiary/aromatic N) is 4. The fraction of sp³-hybridized carbons (Fsp3) is 0.333. The minimum Gasteiger partial charge on any atom is -0.492 e. The maximum atomic E-state index is 14.1. The highest BCUT2D eigenvalue weighted by Gasteiger charge is 2.25. The summed E-state index contributed by atoms with van der Waals surface area (Å²) < 4.78 is 34.2. The number of aliphatic hydroxyl groups is 1. The highest BCUT2D eigenvalue weighted by Crippen LogP contribution is 2.31. The lowest BCUT2D eigenvalue weighted by molar-refractivity contribution is 0.0683. The summed E-state index contributed by atoms with van der Waals surface area (Å²) in [6.07, 6.45) is 5.91. The minimum atomic E-state index is -1.43.